The lowest BCUT2D eigenvalue weighted by Gasteiger charge is -2.06. The van der Waals surface area contributed by atoms with Crippen molar-refractivity contribution < 1.29 is 14.9 Å². The summed E-state index contributed by atoms with van der Waals surface area (Å²) in [5.41, 5.74) is 1.34. The first-order valence-corrected chi connectivity index (χ1v) is 7.03. The Morgan fingerprint density at radius 1 is 1.10 bits per heavy atom. The molecule has 0 aliphatic rings. The van der Waals surface area contributed by atoms with E-state index in [0.717, 1.165) is 5.56 Å². The van der Waals surface area contributed by atoms with Crippen molar-refractivity contribution in [3.8, 4) is 11.5 Å². The van der Waals surface area contributed by atoms with Crippen molar-refractivity contribution in [3.05, 3.63) is 63.6 Å². The molecule has 0 saturated carbocycles. The average molecular weight is 325 g/mol. The van der Waals surface area contributed by atoms with Gasteiger partial charge in [-0.15, -0.1) is 0 Å². The lowest BCUT2D eigenvalue weighted by atomic mass is 10.1. The molecule has 0 unspecified atom stereocenters. The Hall–Kier alpha value is -1.68. The molecule has 0 atom stereocenters. The van der Waals surface area contributed by atoms with Crippen molar-refractivity contribution in [2.45, 2.75) is 6.61 Å². The number of halogens is 2. The van der Waals surface area contributed by atoms with Crippen LogP contribution in [0.2, 0.25) is 10.0 Å². The second-order valence-electron chi connectivity index (χ2n) is 4.36. The molecule has 0 spiro atoms. The molecule has 21 heavy (non-hydrogen) atoms. The van der Waals surface area contributed by atoms with Gasteiger partial charge in [0.1, 0.15) is 11.5 Å². The number of phenolic OH excluding ortho intramolecular Hbond substituents is 2. The third kappa shape index (κ3) is 4.14. The van der Waals surface area contributed by atoms with Gasteiger partial charge in [-0.1, -0.05) is 65.7 Å². The fourth-order valence-corrected chi connectivity index (χ4v) is 2.17. The Balaban J connectivity index is 1.96. The molecule has 0 aromatic heterocycles. The number of rotatable bonds is 5. The summed E-state index contributed by atoms with van der Waals surface area (Å²) < 4.78 is 5.47. The summed E-state index contributed by atoms with van der Waals surface area (Å²) in [6.07, 6.45) is 3.26. The highest BCUT2D eigenvalue weighted by molar-refractivity contribution is 6.36. The predicted octanol–water partition coefficient (Wildman–Crippen LogP) is 4.63. The normalized spacial score (nSPS) is 11.1. The standard InChI is InChI=1S/C16H14Cl2O3/c17-13-9-14(19)15(18)12(16(13)20)7-4-8-21-10-11-5-2-1-3-6-11/h1-7,9,19-20H,8,10H2. The van der Waals surface area contributed by atoms with E-state index in [0.29, 0.717) is 13.2 Å². The van der Waals surface area contributed by atoms with Crippen molar-refractivity contribution in [3.63, 3.8) is 0 Å². The van der Waals surface area contributed by atoms with Gasteiger partial charge in [0.05, 0.1) is 23.3 Å². The summed E-state index contributed by atoms with van der Waals surface area (Å²) in [4.78, 5) is 0. The van der Waals surface area contributed by atoms with E-state index < -0.39 is 0 Å². The van der Waals surface area contributed by atoms with Gasteiger partial charge in [0, 0.05) is 11.6 Å². The SMILES string of the molecule is Oc1cc(Cl)c(O)c(C=CCOCc2ccccc2)c1Cl. The lowest BCUT2D eigenvalue weighted by molar-refractivity contribution is 0.149. The Morgan fingerprint density at radius 3 is 2.52 bits per heavy atom. The van der Waals surface area contributed by atoms with Crippen LogP contribution in [0.25, 0.3) is 6.08 Å². The van der Waals surface area contributed by atoms with E-state index in [1.807, 2.05) is 30.3 Å². The Labute approximate surface area is 133 Å². The lowest BCUT2D eigenvalue weighted by Crippen LogP contribution is -1.92. The molecule has 0 heterocycles. The van der Waals surface area contributed by atoms with Crippen molar-refractivity contribution in [2.75, 3.05) is 6.61 Å². The molecule has 3 nitrogen and oxygen atoms in total. The molecule has 0 bridgehead atoms. The van der Waals surface area contributed by atoms with Gasteiger partial charge in [-0.05, 0) is 5.56 Å². The first-order valence-electron chi connectivity index (χ1n) is 6.27. The smallest absolute Gasteiger partial charge is 0.143 e. The number of phenols is 2. The van der Waals surface area contributed by atoms with Gasteiger partial charge in [0.2, 0.25) is 0 Å². The zero-order chi connectivity index (χ0) is 15.2. The van der Waals surface area contributed by atoms with Crippen LogP contribution < -0.4 is 0 Å². The second-order valence-corrected chi connectivity index (χ2v) is 5.14. The summed E-state index contributed by atoms with van der Waals surface area (Å²) in [6.45, 7) is 0.837. The largest absolute Gasteiger partial charge is 0.506 e. The van der Waals surface area contributed by atoms with Crippen LogP contribution in [0.5, 0.6) is 11.5 Å². The fourth-order valence-electron chi connectivity index (χ4n) is 1.76. The molecule has 0 aliphatic carbocycles. The van der Waals surface area contributed by atoms with Gasteiger partial charge >= 0.3 is 0 Å². The first-order chi connectivity index (χ1) is 10.1. The number of ether oxygens (including phenoxy) is 1. The van der Waals surface area contributed by atoms with Crippen LogP contribution in [-0.2, 0) is 11.3 Å². The number of aromatic hydroxyl groups is 2. The number of hydrogen-bond donors (Lipinski definition) is 2. The maximum atomic E-state index is 9.82. The summed E-state index contributed by atoms with van der Waals surface area (Å²) in [5.74, 6) is -0.344. The van der Waals surface area contributed by atoms with Gasteiger partial charge in [-0.25, -0.2) is 0 Å². The molecule has 0 aliphatic heterocycles. The van der Waals surface area contributed by atoms with Crippen molar-refractivity contribution in [1.29, 1.82) is 0 Å². The molecular weight excluding hydrogens is 311 g/mol. The fraction of sp³-hybridized carbons (Fsp3) is 0.125. The average Bonchev–Trinajstić information content (AvgIpc) is 2.49. The summed E-state index contributed by atoms with van der Waals surface area (Å²) in [6, 6.07) is 11.0. The number of benzene rings is 2. The highest BCUT2D eigenvalue weighted by atomic mass is 35.5. The summed E-state index contributed by atoms with van der Waals surface area (Å²) in [7, 11) is 0. The number of hydrogen-bond acceptors (Lipinski definition) is 3. The van der Waals surface area contributed by atoms with E-state index in [9.17, 15) is 10.2 Å². The molecule has 0 radical (unpaired) electrons. The van der Waals surface area contributed by atoms with E-state index >= 15 is 0 Å². The first kappa shape index (κ1) is 15.7. The molecule has 2 aromatic carbocycles. The minimum absolute atomic E-state index is 0.0433. The highest BCUT2D eigenvalue weighted by Gasteiger charge is 2.12. The van der Waals surface area contributed by atoms with Crippen molar-refractivity contribution in [1.82, 2.24) is 0 Å². The van der Waals surface area contributed by atoms with E-state index in [-0.39, 0.29) is 27.1 Å². The van der Waals surface area contributed by atoms with Crippen LogP contribution in [0, 0.1) is 0 Å². The third-order valence-corrected chi connectivity index (χ3v) is 3.50. The van der Waals surface area contributed by atoms with Gasteiger partial charge in [0.25, 0.3) is 0 Å². The monoisotopic (exact) mass is 324 g/mol. The zero-order valence-electron chi connectivity index (χ0n) is 11.1. The molecule has 0 amide bonds. The predicted molar refractivity (Wildman–Crippen MR) is 84.9 cm³/mol. The third-order valence-electron chi connectivity index (χ3n) is 2.82. The van der Waals surface area contributed by atoms with Crippen LogP contribution in [0.3, 0.4) is 0 Å². The Kier molecular flexibility index (Phi) is 5.51. The van der Waals surface area contributed by atoms with Crippen LogP contribution >= 0.6 is 23.2 Å². The molecular formula is C16H14Cl2O3. The molecule has 5 heteroatoms. The second kappa shape index (κ2) is 7.36. The molecule has 2 N–H and O–H groups in total. The van der Waals surface area contributed by atoms with Crippen LogP contribution in [0.1, 0.15) is 11.1 Å². The Bertz CT molecular complexity index is 613. The van der Waals surface area contributed by atoms with Gasteiger partial charge in [-0.2, -0.15) is 0 Å². The summed E-state index contributed by atoms with van der Waals surface area (Å²) >= 11 is 11.7. The molecule has 0 fully saturated rings. The van der Waals surface area contributed by atoms with Crippen LogP contribution in [0.4, 0.5) is 0 Å². The van der Waals surface area contributed by atoms with Gasteiger partial charge in [0.15, 0.2) is 0 Å². The quantitative estimate of drug-likeness (QED) is 0.622. The van der Waals surface area contributed by atoms with E-state index in [1.54, 1.807) is 12.2 Å². The van der Waals surface area contributed by atoms with Gasteiger partial charge < -0.3 is 14.9 Å². The zero-order valence-corrected chi connectivity index (χ0v) is 12.6. The highest BCUT2D eigenvalue weighted by Crippen LogP contribution is 2.40. The minimum atomic E-state index is -0.177. The maximum absolute atomic E-state index is 9.82. The Morgan fingerprint density at radius 2 is 1.81 bits per heavy atom. The molecule has 2 aromatic rings. The topological polar surface area (TPSA) is 49.7 Å². The maximum Gasteiger partial charge on any atom is 0.143 e. The van der Waals surface area contributed by atoms with E-state index in [4.69, 9.17) is 27.9 Å². The summed E-state index contributed by atoms with van der Waals surface area (Å²) in [5, 5.41) is 19.5. The van der Waals surface area contributed by atoms with Crippen LogP contribution in [0.15, 0.2) is 42.5 Å². The molecule has 0 saturated heterocycles. The van der Waals surface area contributed by atoms with Gasteiger partial charge in [-0.3, -0.25) is 0 Å². The van der Waals surface area contributed by atoms with Crippen molar-refractivity contribution >= 4 is 29.3 Å². The van der Waals surface area contributed by atoms with Crippen molar-refractivity contribution in [2.24, 2.45) is 0 Å². The molecule has 2 rings (SSSR count). The van der Waals surface area contributed by atoms with Crippen LogP contribution in [-0.4, -0.2) is 16.8 Å². The molecule has 110 valence electrons. The minimum Gasteiger partial charge on any atom is -0.506 e. The van der Waals surface area contributed by atoms with E-state index in [2.05, 4.69) is 0 Å². The van der Waals surface area contributed by atoms with E-state index in [1.165, 1.54) is 6.07 Å².